The molecule has 0 radical (unpaired) electrons. The van der Waals surface area contributed by atoms with Gasteiger partial charge in [-0.2, -0.15) is 0 Å². The number of carbonyl (C=O) groups is 1. The van der Waals surface area contributed by atoms with Crippen LogP contribution in [-0.4, -0.2) is 23.7 Å². The summed E-state index contributed by atoms with van der Waals surface area (Å²) in [5.74, 6) is 0.679. The molecule has 0 aliphatic heterocycles. The number of hydrogen-bond donors (Lipinski definition) is 2. The molecule has 1 aromatic carbocycles. The van der Waals surface area contributed by atoms with Gasteiger partial charge >= 0.3 is 0 Å². The number of hydrogen-bond acceptors (Lipinski definition) is 2. The van der Waals surface area contributed by atoms with Gasteiger partial charge in [0.15, 0.2) is 0 Å². The van der Waals surface area contributed by atoms with Crippen LogP contribution in [0.15, 0.2) is 24.3 Å². The van der Waals surface area contributed by atoms with E-state index in [-0.39, 0.29) is 12.0 Å². The van der Waals surface area contributed by atoms with Gasteiger partial charge in [0.1, 0.15) is 0 Å². The third-order valence-electron chi connectivity index (χ3n) is 4.17. The van der Waals surface area contributed by atoms with Crippen molar-refractivity contribution >= 4 is 5.91 Å². The number of aliphatic hydroxyl groups excluding tert-OH is 1. The van der Waals surface area contributed by atoms with Crippen LogP contribution >= 0.6 is 0 Å². The maximum absolute atomic E-state index is 11.8. The summed E-state index contributed by atoms with van der Waals surface area (Å²) >= 11 is 0. The normalized spacial score (nSPS) is 22.5. The summed E-state index contributed by atoms with van der Waals surface area (Å²) < 4.78 is 0. The molecule has 3 heteroatoms. The Bertz CT molecular complexity index is 419. The molecular formula is C17H25NO2. The first-order valence-corrected chi connectivity index (χ1v) is 7.64. The fourth-order valence-corrected chi connectivity index (χ4v) is 2.71. The van der Waals surface area contributed by atoms with Crippen molar-refractivity contribution in [1.29, 1.82) is 0 Å². The standard InChI is InChI=1S/C17H25NO2/c1-13-2-4-14(5-3-13)8-11-17(20)18-12-15-6-9-16(19)10-7-15/h2-5,15-16,19H,6-12H2,1H3,(H,18,20). The van der Waals surface area contributed by atoms with Crippen molar-refractivity contribution in [1.82, 2.24) is 5.32 Å². The van der Waals surface area contributed by atoms with E-state index >= 15 is 0 Å². The summed E-state index contributed by atoms with van der Waals surface area (Å²) in [7, 11) is 0. The van der Waals surface area contributed by atoms with Crippen LogP contribution in [0.1, 0.15) is 43.2 Å². The number of benzene rings is 1. The van der Waals surface area contributed by atoms with Crippen molar-refractivity contribution in [2.75, 3.05) is 6.54 Å². The molecule has 20 heavy (non-hydrogen) atoms. The van der Waals surface area contributed by atoms with E-state index in [0.29, 0.717) is 12.3 Å². The van der Waals surface area contributed by atoms with E-state index in [1.54, 1.807) is 0 Å². The summed E-state index contributed by atoms with van der Waals surface area (Å²) in [6, 6.07) is 8.34. The average molecular weight is 275 g/mol. The van der Waals surface area contributed by atoms with Gasteiger partial charge in [-0.1, -0.05) is 29.8 Å². The minimum Gasteiger partial charge on any atom is -0.393 e. The molecule has 0 unspecified atom stereocenters. The molecular weight excluding hydrogens is 250 g/mol. The molecule has 3 nitrogen and oxygen atoms in total. The molecule has 2 N–H and O–H groups in total. The fraction of sp³-hybridized carbons (Fsp3) is 0.588. The van der Waals surface area contributed by atoms with E-state index in [1.165, 1.54) is 11.1 Å². The summed E-state index contributed by atoms with van der Waals surface area (Å²) in [4.78, 5) is 11.8. The predicted octanol–water partition coefficient (Wildman–Crippen LogP) is 2.59. The quantitative estimate of drug-likeness (QED) is 0.868. The van der Waals surface area contributed by atoms with E-state index in [9.17, 15) is 9.90 Å². The first-order chi connectivity index (χ1) is 9.63. The fourth-order valence-electron chi connectivity index (χ4n) is 2.71. The van der Waals surface area contributed by atoms with Gasteiger partial charge in [-0.25, -0.2) is 0 Å². The molecule has 1 aliphatic carbocycles. The van der Waals surface area contributed by atoms with Crippen LogP contribution in [0.2, 0.25) is 0 Å². The van der Waals surface area contributed by atoms with Crippen molar-refractivity contribution in [2.45, 2.75) is 51.6 Å². The van der Waals surface area contributed by atoms with Crippen LogP contribution in [0.4, 0.5) is 0 Å². The van der Waals surface area contributed by atoms with Crippen LogP contribution in [0, 0.1) is 12.8 Å². The second-order valence-electron chi connectivity index (χ2n) is 5.96. The third kappa shape index (κ3) is 4.97. The smallest absolute Gasteiger partial charge is 0.220 e. The number of amides is 1. The van der Waals surface area contributed by atoms with E-state index in [0.717, 1.165) is 38.6 Å². The molecule has 0 atom stereocenters. The Balaban J connectivity index is 1.64. The predicted molar refractivity (Wildman–Crippen MR) is 80.5 cm³/mol. The lowest BCUT2D eigenvalue weighted by atomic mass is 9.87. The van der Waals surface area contributed by atoms with Gasteiger partial charge in [-0.3, -0.25) is 4.79 Å². The van der Waals surface area contributed by atoms with Gasteiger partial charge in [0, 0.05) is 13.0 Å². The second kappa shape index (κ2) is 7.44. The summed E-state index contributed by atoms with van der Waals surface area (Å²) in [6.07, 6.45) is 5.05. The zero-order valence-corrected chi connectivity index (χ0v) is 12.3. The first kappa shape index (κ1) is 15.0. The highest BCUT2D eigenvalue weighted by molar-refractivity contribution is 5.76. The third-order valence-corrected chi connectivity index (χ3v) is 4.17. The van der Waals surface area contributed by atoms with Crippen LogP contribution in [0.5, 0.6) is 0 Å². The Morgan fingerprint density at radius 1 is 1.20 bits per heavy atom. The maximum Gasteiger partial charge on any atom is 0.220 e. The Kier molecular flexibility index (Phi) is 5.60. The SMILES string of the molecule is Cc1ccc(CCC(=O)NCC2CCC(O)CC2)cc1. The van der Waals surface area contributed by atoms with Gasteiger partial charge in [-0.15, -0.1) is 0 Å². The average Bonchev–Trinajstić information content (AvgIpc) is 2.46. The molecule has 0 aromatic heterocycles. The maximum atomic E-state index is 11.8. The highest BCUT2D eigenvalue weighted by Crippen LogP contribution is 2.23. The Morgan fingerprint density at radius 2 is 1.85 bits per heavy atom. The van der Waals surface area contributed by atoms with Crippen LogP contribution in [-0.2, 0) is 11.2 Å². The minimum atomic E-state index is -0.122. The zero-order chi connectivity index (χ0) is 14.4. The summed E-state index contributed by atoms with van der Waals surface area (Å²) in [5, 5.41) is 12.5. The molecule has 2 rings (SSSR count). The zero-order valence-electron chi connectivity index (χ0n) is 12.3. The van der Waals surface area contributed by atoms with Crippen LogP contribution in [0.25, 0.3) is 0 Å². The summed E-state index contributed by atoms with van der Waals surface area (Å²) in [5.41, 5.74) is 2.46. The van der Waals surface area contributed by atoms with Gasteiger partial charge in [0.25, 0.3) is 0 Å². The van der Waals surface area contributed by atoms with Gasteiger partial charge in [-0.05, 0) is 50.5 Å². The van der Waals surface area contributed by atoms with Crippen molar-refractivity contribution < 1.29 is 9.90 Å². The van der Waals surface area contributed by atoms with Gasteiger partial charge in [0.2, 0.25) is 5.91 Å². The van der Waals surface area contributed by atoms with Crippen molar-refractivity contribution in [3.05, 3.63) is 35.4 Å². The molecule has 1 fully saturated rings. The number of nitrogens with one attached hydrogen (secondary N) is 1. The van der Waals surface area contributed by atoms with Crippen molar-refractivity contribution in [3.63, 3.8) is 0 Å². The molecule has 110 valence electrons. The van der Waals surface area contributed by atoms with Crippen molar-refractivity contribution in [2.24, 2.45) is 5.92 Å². The van der Waals surface area contributed by atoms with E-state index in [4.69, 9.17) is 0 Å². The van der Waals surface area contributed by atoms with Crippen molar-refractivity contribution in [3.8, 4) is 0 Å². The molecule has 1 saturated carbocycles. The lowest BCUT2D eigenvalue weighted by Gasteiger charge is -2.25. The lowest BCUT2D eigenvalue weighted by Crippen LogP contribution is -2.32. The number of aliphatic hydroxyl groups is 1. The molecule has 1 aliphatic rings. The van der Waals surface area contributed by atoms with E-state index in [2.05, 4.69) is 36.5 Å². The number of rotatable bonds is 5. The Hall–Kier alpha value is -1.35. The first-order valence-electron chi connectivity index (χ1n) is 7.64. The molecule has 0 saturated heterocycles. The highest BCUT2D eigenvalue weighted by Gasteiger charge is 2.19. The summed E-state index contributed by atoms with van der Waals surface area (Å²) in [6.45, 7) is 2.83. The Labute approximate surface area is 121 Å². The molecule has 0 bridgehead atoms. The van der Waals surface area contributed by atoms with Crippen LogP contribution in [0.3, 0.4) is 0 Å². The molecule has 1 aromatic rings. The van der Waals surface area contributed by atoms with E-state index < -0.39 is 0 Å². The molecule has 0 heterocycles. The van der Waals surface area contributed by atoms with Gasteiger partial charge in [0.05, 0.1) is 6.10 Å². The lowest BCUT2D eigenvalue weighted by molar-refractivity contribution is -0.121. The molecule has 0 spiro atoms. The highest BCUT2D eigenvalue weighted by atomic mass is 16.3. The number of carbonyl (C=O) groups excluding carboxylic acids is 1. The molecule has 1 amide bonds. The van der Waals surface area contributed by atoms with Gasteiger partial charge < -0.3 is 10.4 Å². The topological polar surface area (TPSA) is 49.3 Å². The van der Waals surface area contributed by atoms with E-state index in [1.807, 2.05) is 0 Å². The minimum absolute atomic E-state index is 0.122. The Morgan fingerprint density at radius 3 is 2.50 bits per heavy atom. The second-order valence-corrected chi connectivity index (χ2v) is 5.96. The largest absolute Gasteiger partial charge is 0.393 e. The monoisotopic (exact) mass is 275 g/mol. The van der Waals surface area contributed by atoms with Crippen LogP contribution < -0.4 is 5.32 Å². The number of aryl methyl sites for hydroxylation is 2.